The standard InChI is InChI=1S/C8H6Cl2F3NO/c9-4-1-5(10)7(2-6(4)14)15-3-8(11,12)13/h1-2H,3,14H2. The summed E-state index contributed by atoms with van der Waals surface area (Å²) in [7, 11) is 0. The Bertz CT molecular complexity index is 368. The van der Waals surface area contributed by atoms with E-state index in [-0.39, 0.29) is 21.5 Å². The van der Waals surface area contributed by atoms with Crippen molar-refractivity contribution < 1.29 is 17.9 Å². The molecule has 7 heteroatoms. The lowest BCUT2D eigenvalue weighted by molar-refractivity contribution is -0.153. The first-order chi connectivity index (χ1) is 6.79. The second-order valence-corrected chi connectivity index (χ2v) is 3.52. The molecule has 2 N–H and O–H groups in total. The Morgan fingerprint density at radius 1 is 1.20 bits per heavy atom. The highest BCUT2D eigenvalue weighted by molar-refractivity contribution is 6.37. The summed E-state index contributed by atoms with van der Waals surface area (Å²) in [6.07, 6.45) is -4.42. The second kappa shape index (κ2) is 4.37. The molecule has 0 aliphatic carbocycles. The van der Waals surface area contributed by atoms with Crippen molar-refractivity contribution in [3.8, 4) is 5.75 Å². The molecule has 0 atom stereocenters. The molecule has 1 aromatic carbocycles. The van der Waals surface area contributed by atoms with Gasteiger partial charge in [0, 0.05) is 6.07 Å². The minimum atomic E-state index is -4.42. The average Bonchev–Trinajstić information content (AvgIpc) is 2.07. The summed E-state index contributed by atoms with van der Waals surface area (Å²) in [5.41, 5.74) is 5.49. The van der Waals surface area contributed by atoms with Crippen LogP contribution in [0, 0.1) is 0 Å². The van der Waals surface area contributed by atoms with E-state index < -0.39 is 12.8 Å². The number of hydrogen-bond donors (Lipinski definition) is 1. The second-order valence-electron chi connectivity index (χ2n) is 2.71. The van der Waals surface area contributed by atoms with Gasteiger partial charge in [-0.3, -0.25) is 0 Å². The van der Waals surface area contributed by atoms with E-state index in [0.29, 0.717) is 0 Å². The normalized spacial score (nSPS) is 11.5. The Morgan fingerprint density at radius 3 is 2.33 bits per heavy atom. The molecular weight excluding hydrogens is 254 g/mol. The maximum atomic E-state index is 11.8. The van der Waals surface area contributed by atoms with E-state index in [0.717, 1.165) is 6.07 Å². The Labute approximate surface area is 93.7 Å². The Balaban J connectivity index is 2.82. The first-order valence-corrected chi connectivity index (χ1v) is 4.49. The van der Waals surface area contributed by atoms with Crippen molar-refractivity contribution in [2.75, 3.05) is 12.3 Å². The van der Waals surface area contributed by atoms with Crippen LogP contribution in [0.1, 0.15) is 0 Å². The summed E-state index contributed by atoms with van der Waals surface area (Å²) in [4.78, 5) is 0. The predicted octanol–water partition coefficient (Wildman–Crippen LogP) is 3.52. The van der Waals surface area contributed by atoms with Gasteiger partial charge in [-0.05, 0) is 6.07 Å². The molecule has 0 bridgehead atoms. The minimum absolute atomic E-state index is 0.0153. The first-order valence-electron chi connectivity index (χ1n) is 3.73. The van der Waals surface area contributed by atoms with Gasteiger partial charge in [-0.1, -0.05) is 23.2 Å². The summed E-state index contributed by atoms with van der Waals surface area (Å²) < 4.78 is 39.9. The molecule has 1 rings (SSSR count). The van der Waals surface area contributed by atoms with Crippen molar-refractivity contribution in [3.63, 3.8) is 0 Å². The van der Waals surface area contributed by atoms with E-state index in [9.17, 15) is 13.2 Å². The zero-order valence-electron chi connectivity index (χ0n) is 7.24. The largest absolute Gasteiger partial charge is 0.482 e. The van der Waals surface area contributed by atoms with E-state index in [2.05, 4.69) is 4.74 Å². The van der Waals surface area contributed by atoms with Gasteiger partial charge in [0.05, 0.1) is 15.7 Å². The molecule has 0 aliphatic heterocycles. The van der Waals surface area contributed by atoms with E-state index >= 15 is 0 Å². The number of anilines is 1. The highest BCUT2D eigenvalue weighted by Crippen LogP contribution is 2.33. The van der Waals surface area contributed by atoms with Gasteiger partial charge in [-0.25, -0.2) is 0 Å². The van der Waals surface area contributed by atoms with Crippen LogP contribution < -0.4 is 10.5 Å². The van der Waals surface area contributed by atoms with Gasteiger partial charge in [-0.15, -0.1) is 0 Å². The van der Waals surface area contributed by atoms with Crippen LogP contribution in [-0.4, -0.2) is 12.8 Å². The van der Waals surface area contributed by atoms with E-state index in [1.54, 1.807) is 0 Å². The molecule has 0 saturated heterocycles. The molecule has 0 unspecified atom stereocenters. The Hall–Kier alpha value is -0.810. The molecule has 0 fully saturated rings. The number of rotatable bonds is 2. The lowest BCUT2D eigenvalue weighted by atomic mass is 10.3. The fourth-order valence-corrected chi connectivity index (χ4v) is 1.25. The van der Waals surface area contributed by atoms with Gasteiger partial charge in [0.1, 0.15) is 5.75 Å². The third kappa shape index (κ3) is 3.68. The van der Waals surface area contributed by atoms with Crippen molar-refractivity contribution in [2.24, 2.45) is 0 Å². The molecule has 0 spiro atoms. The monoisotopic (exact) mass is 259 g/mol. The van der Waals surface area contributed by atoms with Crippen LogP contribution in [0.15, 0.2) is 12.1 Å². The summed E-state index contributed by atoms with van der Waals surface area (Å²) in [5.74, 6) is -0.143. The molecule has 0 saturated carbocycles. The number of benzene rings is 1. The van der Waals surface area contributed by atoms with Gasteiger partial charge in [-0.2, -0.15) is 13.2 Å². The molecule has 84 valence electrons. The molecule has 0 aliphatic rings. The molecule has 0 amide bonds. The van der Waals surface area contributed by atoms with Gasteiger partial charge in [0.2, 0.25) is 0 Å². The van der Waals surface area contributed by atoms with Gasteiger partial charge < -0.3 is 10.5 Å². The summed E-state index contributed by atoms with van der Waals surface area (Å²) in [6, 6.07) is 2.38. The molecule has 0 aromatic heterocycles. The Kier molecular flexibility index (Phi) is 3.57. The van der Waals surface area contributed by atoms with Gasteiger partial charge in [0.25, 0.3) is 0 Å². The van der Waals surface area contributed by atoms with Crippen molar-refractivity contribution in [3.05, 3.63) is 22.2 Å². The van der Waals surface area contributed by atoms with Crippen molar-refractivity contribution in [1.82, 2.24) is 0 Å². The summed E-state index contributed by atoms with van der Waals surface area (Å²) in [6.45, 7) is -1.42. The molecule has 0 radical (unpaired) electrons. The van der Waals surface area contributed by atoms with Crippen molar-refractivity contribution in [1.29, 1.82) is 0 Å². The van der Waals surface area contributed by atoms with Crippen LogP contribution in [0.5, 0.6) is 5.75 Å². The number of hydrogen-bond acceptors (Lipinski definition) is 2. The number of ether oxygens (including phenoxy) is 1. The van der Waals surface area contributed by atoms with Crippen LogP contribution >= 0.6 is 23.2 Å². The molecular formula is C8H6Cl2F3NO. The minimum Gasteiger partial charge on any atom is -0.482 e. The van der Waals surface area contributed by atoms with Crippen LogP contribution in [-0.2, 0) is 0 Å². The van der Waals surface area contributed by atoms with Crippen LogP contribution in [0.3, 0.4) is 0 Å². The van der Waals surface area contributed by atoms with E-state index in [4.69, 9.17) is 28.9 Å². The quantitative estimate of drug-likeness (QED) is 0.825. The summed E-state index contributed by atoms with van der Waals surface area (Å²) in [5, 5.41) is 0.151. The maximum absolute atomic E-state index is 11.8. The zero-order valence-corrected chi connectivity index (χ0v) is 8.75. The van der Waals surface area contributed by atoms with Crippen LogP contribution in [0.25, 0.3) is 0 Å². The number of nitrogen functional groups attached to an aromatic ring is 1. The van der Waals surface area contributed by atoms with Crippen LogP contribution in [0.4, 0.5) is 18.9 Å². The third-order valence-corrected chi connectivity index (χ3v) is 2.07. The molecule has 0 heterocycles. The smallest absolute Gasteiger partial charge is 0.422 e. The molecule has 2 nitrogen and oxygen atoms in total. The fourth-order valence-electron chi connectivity index (χ4n) is 0.815. The van der Waals surface area contributed by atoms with Gasteiger partial charge >= 0.3 is 6.18 Å². The van der Waals surface area contributed by atoms with E-state index in [1.807, 2.05) is 0 Å². The number of alkyl halides is 3. The highest BCUT2D eigenvalue weighted by Gasteiger charge is 2.28. The van der Waals surface area contributed by atoms with E-state index in [1.165, 1.54) is 6.07 Å². The highest BCUT2D eigenvalue weighted by atomic mass is 35.5. The number of nitrogens with two attached hydrogens (primary N) is 1. The average molecular weight is 260 g/mol. The zero-order chi connectivity index (χ0) is 11.6. The van der Waals surface area contributed by atoms with Crippen molar-refractivity contribution >= 4 is 28.9 Å². The topological polar surface area (TPSA) is 35.2 Å². The SMILES string of the molecule is Nc1cc(OCC(F)(F)F)c(Cl)cc1Cl. The number of halogens is 5. The molecule has 15 heavy (non-hydrogen) atoms. The molecule has 1 aromatic rings. The lowest BCUT2D eigenvalue weighted by Crippen LogP contribution is -2.19. The first kappa shape index (κ1) is 12.3. The lowest BCUT2D eigenvalue weighted by Gasteiger charge is -2.11. The Morgan fingerprint density at radius 2 is 1.80 bits per heavy atom. The predicted molar refractivity (Wildman–Crippen MR) is 52.4 cm³/mol. The fraction of sp³-hybridized carbons (Fsp3) is 0.250. The maximum Gasteiger partial charge on any atom is 0.422 e. The third-order valence-electron chi connectivity index (χ3n) is 1.44. The van der Waals surface area contributed by atoms with Gasteiger partial charge in [0.15, 0.2) is 6.61 Å². The van der Waals surface area contributed by atoms with Crippen molar-refractivity contribution in [2.45, 2.75) is 6.18 Å². The van der Waals surface area contributed by atoms with Crippen LogP contribution in [0.2, 0.25) is 10.0 Å². The summed E-state index contributed by atoms with van der Waals surface area (Å²) >= 11 is 11.2.